The third-order valence-corrected chi connectivity index (χ3v) is 2.11. The molecule has 1 aromatic rings. The SMILES string of the molecule is CC.CCc1cc(C(C)(C)C)nn1C. The second-order valence-corrected chi connectivity index (χ2v) is 4.25. The molecule has 0 atom stereocenters. The molecule has 0 saturated carbocycles. The summed E-state index contributed by atoms with van der Waals surface area (Å²) in [7, 11) is 2.01. The highest BCUT2D eigenvalue weighted by Crippen LogP contribution is 2.21. The van der Waals surface area contributed by atoms with Crippen LogP contribution in [-0.2, 0) is 18.9 Å². The molecule has 82 valence electrons. The summed E-state index contributed by atoms with van der Waals surface area (Å²) in [6.45, 7) is 12.7. The molecule has 0 aliphatic carbocycles. The van der Waals surface area contributed by atoms with Gasteiger partial charge in [-0.05, 0) is 12.5 Å². The van der Waals surface area contributed by atoms with E-state index in [1.165, 1.54) is 11.4 Å². The van der Waals surface area contributed by atoms with Gasteiger partial charge in [0.2, 0.25) is 0 Å². The second-order valence-electron chi connectivity index (χ2n) is 4.25. The first-order valence-corrected chi connectivity index (χ1v) is 5.48. The fraction of sp³-hybridized carbons (Fsp3) is 0.750. The minimum absolute atomic E-state index is 0.172. The third kappa shape index (κ3) is 3.17. The standard InChI is InChI=1S/C10H18N2.C2H6/c1-6-8-7-9(10(2,3)4)11-12(8)5;1-2/h7H,6H2,1-5H3;1-2H3. The van der Waals surface area contributed by atoms with Crippen LogP contribution in [0.3, 0.4) is 0 Å². The number of aryl methyl sites for hydroxylation is 2. The highest BCUT2D eigenvalue weighted by Gasteiger charge is 2.17. The second kappa shape index (κ2) is 5.18. The van der Waals surface area contributed by atoms with E-state index in [9.17, 15) is 0 Å². The van der Waals surface area contributed by atoms with Crippen LogP contribution in [0.1, 0.15) is 52.9 Å². The molecular formula is C12H24N2. The van der Waals surface area contributed by atoms with Gasteiger partial charge in [-0.15, -0.1) is 0 Å². The maximum Gasteiger partial charge on any atom is 0.0680 e. The van der Waals surface area contributed by atoms with E-state index in [2.05, 4.69) is 38.9 Å². The normalized spacial score (nSPS) is 10.8. The van der Waals surface area contributed by atoms with Crippen molar-refractivity contribution < 1.29 is 0 Å². The number of hydrogen-bond donors (Lipinski definition) is 0. The van der Waals surface area contributed by atoms with E-state index >= 15 is 0 Å². The summed E-state index contributed by atoms with van der Waals surface area (Å²) < 4.78 is 1.97. The largest absolute Gasteiger partial charge is 0.272 e. The molecule has 2 nitrogen and oxygen atoms in total. The predicted octanol–water partition coefficient (Wildman–Crippen LogP) is 3.31. The quantitative estimate of drug-likeness (QED) is 0.674. The lowest BCUT2D eigenvalue weighted by molar-refractivity contribution is 0.551. The maximum absolute atomic E-state index is 4.47. The van der Waals surface area contributed by atoms with Crippen LogP contribution >= 0.6 is 0 Å². The van der Waals surface area contributed by atoms with Gasteiger partial charge >= 0.3 is 0 Å². The molecule has 0 fully saturated rings. The molecule has 2 heteroatoms. The Morgan fingerprint density at radius 1 is 1.29 bits per heavy atom. The van der Waals surface area contributed by atoms with E-state index in [1.807, 2.05) is 25.6 Å². The zero-order chi connectivity index (χ0) is 11.4. The Balaban J connectivity index is 0.000000791. The van der Waals surface area contributed by atoms with E-state index in [1.54, 1.807) is 0 Å². The fourth-order valence-electron chi connectivity index (χ4n) is 1.20. The Hall–Kier alpha value is -0.790. The lowest BCUT2D eigenvalue weighted by Gasteiger charge is -2.13. The first kappa shape index (κ1) is 13.2. The van der Waals surface area contributed by atoms with E-state index in [0.29, 0.717) is 0 Å². The average molecular weight is 196 g/mol. The number of rotatable bonds is 1. The van der Waals surface area contributed by atoms with E-state index in [0.717, 1.165) is 6.42 Å². The number of aromatic nitrogens is 2. The van der Waals surface area contributed by atoms with Gasteiger partial charge in [0.25, 0.3) is 0 Å². The Labute approximate surface area is 88.3 Å². The van der Waals surface area contributed by atoms with Gasteiger partial charge in [0.15, 0.2) is 0 Å². The molecule has 0 aromatic carbocycles. The Kier molecular flexibility index (Phi) is 4.89. The zero-order valence-corrected chi connectivity index (χ0v) is 10.7. The predicted molar refractivity (Wildman–Crippen MR) is 62.6 cm³/mol. The van der Waals surface area contributed by atoms with Gasteiger partial charge in [-0.3, -0.25) is 4.68 Å². The van der Waals surface area contributed by atoms with Gasteiger partial charge in [0.05, 0.1) is 5.69 Å². The molecule has 1 aromatic heterocycles. The maximum atomic E-state index is 4.47. The van der Waals surface area contributed by atoms with Gasteiger partial charge in [-0.1, -0.05) is 41.5 Å². The lowest BCUT2D eigenvalue weighted by Crippen LogP contribution is -2.12. The van der Waals surface area contributed by atoms with Crippen LogP contribution < -0.4 is 0 Å². The van der Waals surface area contributed by atoms with Crippen LogP contribution in [-0.4, -0.2) is 9.78 Å². The number of hydrogen-bond acceptors (Lipinski definition) is 1. The molecule has 0 radical (unpaired) electrons. The van der Waals surface area contributed by atoms with Crippen molar-refractivity contribution >= 4 is 0 Å². The Morgan fingerprint density at radius 3 is 2.00 bits per heavy atom. The van der Waals surface area contributed by atoms with Crippen LogP contribution in [0.2, 0.25) is 0 Å². The summed E-state index contributed by atoms with van der Waals surface area (Å²) in [5.41, 5.74) is 2.66. The highest BCUT2D eigenvalue weighted by molar-refractivity contribution is 5.17. The smallest absolute Gasteiger partial charge is 0.0680 e. The van der Waals surface area contributed by atoms with Crippen LogP contribution in [0, 0.1) is 0 Å². The molecule has 0 bridgehead atoms. The van der Waals surface area contributed by atoms with E-state index in [-0.39, 0.29) is 5.41 Å². The number of nitrogens with zero attached hydrogens (tertiary/aromatic N) is 2. The lowest BCUT2D eigenvalue weighted by atomic mass is 9.92. The van der Waals surface area contributed by atoms with Crippen molar-refractivity contribution in [3.05, 3.63) is 17.5 Å². The van der Waals surface area contributed by atoms with Gasteiger partial charge < -0.3 is 0 Å². The van der Waals surface area contributed by atoms with Crippen molar-refractivity contribution in [2.75, 3.05) is 0 Å². The summed E-state index contributed by atoms with van der Waals surface area (Å²) in [4.78, 5) is 0. The molecule has 0 unspecified atom stereocenters. The van der Waals surface area contributed by atoms with Crippen molar-refractivity contribution in [1.82, 2.24) is 9.78 Å². The van der Waals surface area contributed by atoms with Crippen LogP contribution in [0.15, 0.2) is 6.07 Å². The third-order valence-electron chi connectivity index (χ3n) is 2.11. The van der Waals surface area contributed by atoms with Crippen LogP contribution in [0.4, 0.5) is 0 Å². The Morgan fingerprint density at radius 2 is 1.79 bits per heavy atom. The molecule has 1 heterocycles. The topological polar surface area (TPSA) is 17.8 Å². The molecule has 0 aliphatic rings. The summed E-state index contributed by atoms with van der Waals surface area (Å²) in [5, 5.41) is 4.47. The van der Waals surface area contributed by atoms with Gasteiger partial charge in [-0.25, -0.2) is 0 Å². The Bertz CT molecular complexity index is 266. The van der Waals surface area contributed by atoms with E-state index in [4.69, 9.17) is 0 Å². The first-order valence-electron chi connectivity index (χ1n) is 5.48. The molecular weight excluding hydrogens is 172 g/mol. The zero-order valence-electron chi connectivity index (χ0n) is 10.7. The highest BCUT2D eigenvalue weighted by atomic mass is 15.3. The fourth-order valence-corrected chi connectivity index (χ4v) is 1.20. The molecule has 14 heavy (non-hydrogen) atoms. The molecule has 1 rings (SSSR count). The molecule has 0 saturated heterocycles. The molecule has 0 aliphatic heterocycles. The van der Waals surface area contributed by atoms with Crippen molar-refractivity contribution in [2.45, 2.75) is 53.4 Å². The molecule has 0 amide bonds. The van der Waals surface area contributed by atoms with Gasteiger partial charge in [0.1, 0.15) is 0 Å². The van der Waals surface area contributed by atoms with Crippen LogP contribution in [0.5, 0.6) is 0 Å². The average Bonchev–Trinajstić information content (AvgIpc) is 2.49. The van der Waals surface area contributed by atoms with Crippen molar-refractivity contribution in [1.29, 1.82) is 0 Å². The minimum atomic E-state index is 0.172. The van der Waals surface area contributed by atoms with E-state index < -0.39 is 0 Å². The summed E-state index contributed by atoms with van der Waals surface area (Å²) in [6.07, 6.45) is 1.06. The summed E-state index contributed by atoms with van der Waals surface area (Å²) in [5.74, 6) is 0. The summed E-state index contributed by atoms with van der Waals surface area (Å²) in [6, 6.07) is 2.19. The molecule has 0 spiro atoms. The monoisotopic (exact) mass is 196 g/mol. The van der Waals surface area contributed by atoms with Gasteiger partial charge in [0, 0.05) is 18.2 Å². The van der Waals surface area contributed by atoms with Gasteiger partial charge in [-0.2, -0.15) is 5.10 Å². The first-order chi connectivity index (χ1) is 6.45. The van der Waals surface area contributed by atoms with Crippen molar-refractivity contribution in [3.63, 3.8) is 0 Å². The van der Waals surface area contributed by atoms with Crippen LogP contribution in [0.25, 0.3) is 0 Å². The molecule has 0 N–H and O–H groups in total. The van der Waals surface area contributed by atoms with Crippen molar-refractivity contribution in [3.8, 4) is 0 Å². The minimum Gasteiger partial charge on any atom is -0.272 e. The summed E-state index contributed by atoms with van der Waals surface area (Å²) >= 11 is 0. The van der Waals surface area contributed by atoms with Crippen molar-refractivity contribution in [2.24, 2.45) is 7.05 Å².